The first kappa shape index (κ1) is 12.5. The summed E-state index contributed by atoms with van der Waals surface area (Å²) in [5.41, 5.74) is 0.956. The maximum Gasteiger partial charge on any atom is 0.231 e. The van der Waals surface area contributed by atoms with E-state index in [2.05, 4.69) is 10.3 Å². The molecule has 1 aliphatic rings. The molecular formula is C14H13FN2O3. The number of pyridine rings is 1. The van der Waals surface area contributed by atoms with Crippen molar-refractivity contribution in [3.05, 3.63) is 41.8 Å². The third-order valence-electron chi connectivity index (χ3n) is 2.92. The summed E-state index contributed by atoms with van der Waals surface area (Å²) >= 11 is 0. The Morgan fingerprint density at radius 3 is 3.00 bits per heavy atom. The largest absolute Gasteiger partial charge is 0.493 e. The molecule has 0 spiro atoms. The average molecular weight is 276 g/mol. The lowest BCUT2D eigenvalue weighted by Crippen LogP contribution is -2.01. The highest BCUT2D eigenvalue weighted by Crippen LogP contribution is 2.41. The van der Waals surface area contributed by atoms with Crippen LogP contribution in [0.25, 0.3) is 0 Å². The Morgan fingerprint density at radius 1 is 1.35 bits per heavy atom. The summed E-state index contributed by atoms with van der Waals surface area (Å²) in [6.45, 7) is 0.716. The van der Waals surface area contributed by atoms with Crippen LogP contribution in [0.4, 0.5) is 10.2 Å². The van der Waals surface area contributed by atoms with E-state index in [1.807, 2.05) is 12.1 Å². The maximum atomic E-state index is 12.8. The van der Waals surface area contributed by atoms with Gasteiger partial charge in [-0.2, -0.15) is 0 Å². The Hall–Kier alpha value is -2.50. The lowest BCUT2D eigenvalue weighted by atomic mass is 10.2. The molecule has 0 aliphatic carbocycles. The second kappa shape index (κ2) is 5.24. The van der Waals surface area contributed by atoms with Gasteiger partial charge in [-0.3, -0.25) is 0 Å². The van der Waals surface area contributed by atoms with Crippen LogP contribution in [0, 0.1) is 5.82 Å². The van der Waals surface area contributed by atoms with E-state index in [0.29, 0.717) is 29.6 Å². The molecule has 5 nitrogen and oxygen atoms in total. The van der Waals surface area contributed by atoms with Crippen LogP contribution < -0.4 is 19.5 Å². The number of hydrogen-bond acceptors (Lipinski definition) is 5. The molecule has 104 valence electrons. The van der Waals surface area contributed by atoms with E-state index in [-0.39, 0.29) is 12.6 Å². The van der Waals surface area contributed by atoms with E-state index in [1.54, 1.807) is 13.2 Å². The van der Waals surface area contributed by atoms with E-state index in [9.17, 15) is 4.39 Å². The molecule has 1 aromatic carbocycles. The van der Waals surface area contributed by atoms with Crippen molar-refractivity contribution >= 4 is 5.82 Å². The van der Waals surface area contributed by atoms with Crippen LogP contribution in [-0.4, -0.2) is 18.9 Å². The van der Waals surface area contributed by atoms with Gasteiger partial charge in [0.1, 0.15) is 11.6 Å². The fourth-order valence-electron chi connectivity index (χ4n) is 1.96. The molecule has 2 aromatic rings. The van der Waals surface area contributed by atoms with Gasteiger partial charge in [0.2, 0.25) is 12.5 Å². The number of nitrogens with zero attached hydrogens (tertiary/aromatic N) is 1. The number of hydrogen-bond donors (Lipinski definition) is 1. The molecule has 0 atom stereocenters. The lowest BCUT2D eigenvalue weighted by molar-refractivity contribution is 0.171. The summed E-state index contributed by atoms with van der Waals surface area (Å²) in [4.78, 5) is 3.94. The van der Waals surface area contributed by atoms with Gasteiger partial charge < -0.3 is 19.5 Å². The van der Waals surface area contributed by atoms with Crippen molar-refractivity contribution in [3.8, 4) is 17.2 Å². The normalized spacial score (nSPS) is 12.3. The molecular weight excluding hydrogens is 263 g/mol. The number of fused-ring (bicyclic) bond motifs is 1. The summed E-state index contributed by atoms with van der Waals surface area (Å²) in [5.74, 6) is 2.15. The number of aromatic nitrogens is 1. The predicted octanol–water partition coefficient (Wildman–Crippen LogP) is 2.57. The first-order chi connectivity index (χ1) is 9.76. The van der Waals surface area contributed by atoms with E-state index in [1.165, 1.54) is 12.3 Å². The number of nitrogens with one attached hydrogen (secondary N) is 1. The van der Waals surface area contributed by atoms with Gasteiger partial charge in [0.15, 0.2) is 11.5 Å². The van der Waals surface area contributed by atoms with Gasteiger partial charge in [-0.05, 0) is 29.8 Å². The molecule has 6 heteroatoms. The molecule has 0 unspecified atom stereocenters. The average Bonchev–Trinajstić information content (AvgIpc) is 2.94. The Kier molecular flexibility index (Phi) is 3.28. The van der Waals surface area contributed by atoms with Crippen LogP contribution in [0.5, 0.6) is 17.2 Å². The topological polar surface area (TPSA) is 52.6 Å². The summed E-state index contributed by atoms with van der Waals surface area (Å²) in [7, 11) is 1.58. The van der Waals surface area contributed by atoms with Crippen molar-refractivity contribution in [1.29, 1.82) is 0 Å². The highest BCUT2D eigenvalue weighted by molar-refractivity contribution is 5.55. The van der Waals surface area contributed by atoms with Crippen LogP contribution in [0.1, 0.15) is 5.56 Å². The molecule has 0 saturated heterocycles. The van der Waals surface area contributed by atoms with Gasteiger partial charge in [-0.25, -0.2) is 9.37 Å². The van der Waals surface area contributed by atoms with Crippen molar-refractivity contribution < 1.29 is 18.6 Å². The number of halogens is 1. The lowest BCUT2D eigenvalue weighted by Gasteiger charge is -2.09. The zero-order chi connectivity index (χ0) is 13.9. The summed E-state index contributed by atoms with van der Waals surface area (Å²) < 4.78 is 28.7. The van der Waals surface area contributed by atoms with Crippen molar-refractivity contribution in [1.82, 2.24) is 4.98 Å². The number of rotatable bonds is 4. The van der Waals surface area contributed by atoms with Crippen molar-refractivity contribution in [3.63, 3.8) is 0 Å². The van der Waals surface area contributed by atoms with E-state index >= 15 is 0 Å². The van der Waals surface area contributed by atoms with E-state index < -0.39 is 0 Å². The SMILES string of the molecule is COc1cc(CNc2ccc(F)cn2)cc2c1OCO2. The van der Waals surface area contributed by atoms with Gasteiger partial charge in [-0.1, -0.05) is 0 Å². The fourth-order valence-corrected chi connectivity index (χ4v) is 1.96. The molecule has 1 N–H and O–H groups in total. The monoisotopic (exact) mass is 276 g/mol. The molecule has 0 amide bonds. The second-order valence-corrected chi connectivity index (χ2v) is 4.25. The van der Waals surface area contributed by atoms with Gasteiger partial charge >= 0.3 is 0 Å². The van der Waals surface area contributed by atoms with Crippen LogP contribution in [0.2, 0.25) is 0 Å². The van der Waals surface area contributed by atoms with Gasteiger partial charge in [-0.15, -0.1) is 0 Å². The molecule has 3 rings (SSSR count). The third-order valence-corrected chi connectivity index (χ3v) is 2.92. The summed E-state index contributed by atoms with van der Waals surface area (Å²) in [5, 5.41) is 3.10. The Balaban J connectivity index is 1.76. The molecule has 0 saturated carbocycles. The Bertz CT molecular complexity index is 617. The number of benzene rings is 1. The third kappa shape index (κ3) is 2.45. The van der Waals surface area contributed by atoms with Crippen LogP contribution in [0.3, 0.4) is 0 Å². The molecule has 0 bridgehead atoms. The molecule has 20 heavy (non-hydrogen) atoms. The fraction of sp³-hybridized carbons (Fsp3) is 0.214. The highest BCUT2D eigenvalue weighted by Gasteiger charge is 2.19. The minimum atomic E-state index is -0.361. The minimum absolute atomic E-state index is 0.197. The standard InChI is InChI=1S/C14H13FN2O3/c1-18-11-4-9(5-12-14(11)20-8-19-12)6-16-13-3-2-10(15)7-17-13/h2-5,7H,6,8H2,1H3,(H,16,17). The van der Waals surface area contributed by atoms with Crippen LogP contribution >= 0.6 is 0 Å². The molecule has 0 radical (unpaired) electrons. The number of methoxy groups -OCH3 is 1. The maximum absolute atomic E-state index is 12.8. The zero-order valence-electron chi connectivity index (χ0n) is 10.9. The van der Waals surface area contributed by atoms with Gasteiger partial charge in [0.05, 0.1) is 13.3 Å². The Labute approximate surface area is 115 Å². The number of ether oxygens (including phenoxy) is 3. The van der Waals surface area contributed by atoms with Gasteiger partial charge in [0.25, 0.3) is 0 Å². The quantitative estimate of drug-likeness (QED) is 0.930. The van der Waals surface area contributed by atoms with Crippen molar-refractivity contribution in [2.24, 2.45) is 0 Å². The molecule has 1 aromatic heterocycles. The molecule has 2 heterocycles. The highest BCUT2D eigenvalue weighted by atomic mass is 19.1. The van der Waals surface area contributed by atoms with Gasteiger partial charge in [0, 0.05) is 6.54 Å². The van der Waals surface area contributed by atoms with E-state index in [0.717, 1.165) is 5.56 Å². The van der Waals surface area contributed by atoms with Crippen LogP contribution in [-0.2, 0) is 6.54 Å². The molecule has 1 aliphatic heterocycles. The number of anilines is 1. The van der Waals surface area contributed by atoms with E-state index in [4.69, 9.17) is 14.2 Å². The second-order valence-electron chi connectivity index (χ2n) is 4.25. The zero-order valence-corrected chi connectivity index (χ0v) is 10.9. The summed E-state index contributed by atoms with van der Waals surface area (Å²) in [6, 6.07) is 6.68. The van der Waals surface area contributed by atoms with Crippen molar-refractivity contribution in [2.45, 2.75) is 6.54 Å². The summed E-state index contributed by atoms with van der Waals surface area (Å²) in [6.07, 6.45) is 1.17. The Morgan fingerprint density at radius 2 is 2.25 bits per heavy atom. The predicted molar refractivity (Wildman–Crippen MR) is 70.6 cm³/mol. The first-order valence-electron chi connectivity index (χ1n) is 6.08. The van der Waals surface area contributed by atoms with Crippen LogP contribution in [0.15, 0.2) is 30.5 Å². The molecule has 0 fully saturated rings. The minimum Gasteiger partial charge on any atom is -0.493 e. The first-order valence-corrected chi connectivity index (χ1v) is 6.08. The van der Waals surface area contributed by atoms with Crippen molar-refractivity contribution in [2.75, 3.05) is 19.2 Å². The smallest absolute Gasteiger partial charge is 0.231 e.